The van der Waals surface area contributed by atoms with Crippen LogP contribution < -0.4 is 15.4 Å². The Morgan fingerprint density at radius 3 is 2.66 bits per heavy atom. The molecule has 1 aromatic rings. The molecule has 0 amide bonds. The average molecular weight is 571 g/mol. The number of halogens is 4. The SMILES string of the molecule is CCC(CNC(=NC)NCCCN1CCCN(C)CC1)Oc1cccc(C(F)(F)F)c1.I. The first-order valence-electron chi connectivity index (χ1n) is 11.0. The molecular formula is C22H37F3IN5O. The number of guanidine groups is 1. The van der Waals surface area contributed by atoms with Gasteiger partial charge in [0, 0.05) is 26.7 Å². The first kappa shape index (κ1) is 28.8. The number of ether oxygens (including phenoxy) is 1. The Labute approximate surface area is 207 Å². The smallest absolute Gasteiger partial charge is 0.416 e. The maximum atomic E-state index is 12.9. The van der Waals surface area contributed by atoms with E-state index in [9.17, 15) is 13.2 Å². The van der Waals surface area contributed by atoms with E-state index in [1.54, 1.807) is 13.1 Å². The summed E-state index contributed by atoms with van der Waals surface area (Å²) in [6.45, 7) is 8.76. The van der Waals surface area contributed by atoms with E-state index in [0.29, 0.717) is 18.9 Å². The van der Waals surface area contributed by atoms with Crippen LogP contribution in [0.4, 0.5) is 13.2 Å². The van der Waals surface area contributed by atoms with Gasteiger partial charge in [-0.3, -0.25) is 4.99 Å². The fourth-order valence-corrected chi connectivity index (χ4v) is 3.47. The second kappa shape index (κ2) is 14.8. The fraction of sp³-hybridized carbons (Fsp3) is 0.682. The molecule has 32 heavy (non-hydrogen) atoms. The number of nitrogens with one attached hydrogen (secondary N) is 2. The largest absolute Gasteiger partial charge is 0.489 e. The summed E-state index contributed by atoms with van der Waals surface area (Å²) < 4.78 is 44.4. The summed E-state index contributed by atoms with van der Waals surface area (Å²) in [4.78, 5) is 9.09. The third kappa shape index (κ3) is 10.6. The number of aliphatic imine (C=N–C) groups is 1. The number of hydrogen-bond donors (Lipinski definition) is 2. The molecule has 2 N–H and O–H groups in total. The average Bonchev–Trinajstić information content (AvgIpc) is 2.95. The van der Waals surface area contributed by atoms with Crippen LogP contribution in [-0.2, 0) is 6.18 Å². The van der Waals surface area contributed by atoms with Gasteiger partial charge >= 0.3 is 6.18 Å². The van der Waals surface area contributed by atoms with Gasteiger partial charge in [-0.15, -0.1) is 24.0 Å². The number of alkyl halides is 3. The van der Waals surface area contributed by atoms with E-state index >= 15 is 0 Å². The first-order chi connectivity index (χ1) is 14.8. The minimum Gasteiger partial charge on any atom is -0.489 e. The molecule has 184 valence electrons. The number of rotatable bonds is 9. The highest BCUT2D eigenvalue weighted by Gasteiger charge is 2.30. The van der Waals surface area contributed by atoms with Crippen molar-refractivity contribution in [1.29, 1.82) is 0 Å². The van der Waals surface area contributed by atoms with Crippen molar-refractivity contribution in [2.75, 3.05) is 59.9 Å². The third-order valence-corrected chi connectivity index (χ3v) is 5.40. The summed E-state index contributed by atoms with van der Waals surface area (Å²) >= 11 is 0. The van der Waals surface area contributed by atoms with Gasteiger partial charge in [0.25, 0.3) is 0 Å². The molecule has 0 radical (unpaired) electrons. The summed E-state index contributed by atoms with van der Waals surface area (Å²) in [5.74, 6) is 0.885. The zero-order valence-electron chi connectivity index (χ0n) is 19.2. The van der Waals surface area contributed by atoms with Crippen molar-refractivity contribution < 1.29 is 17.9 Å². The quantitative estimate of drug-likeness (QED) is 0.205. The van der Waals surface area contributed by atoms with Crippen molar-refractivity contribution in [1.82, 2.24) is 20.4 Å². The van der Waals surface area contributed by atoms with Crippen LogP contribution in [0.15, 0.2) is 29.3 Å². The molecule has 0 spiro atoms. The highest BCUT2D eigenvalue weighted by atomic mass is 127. The lowest BCUT2D eigenvalue weighted by Crippen LogP contribution is -2.43. The van der Waals surface area contributed by atoms with Gasteiger partial charge in [0.15, 0.2) is 5.96 Å². The van der Waals surface area contributed by atoms with E-state index in [1.165, 1.54) is 12.5 Å². The van der Waals surface area contributed by atoms with Crippen molar-refractivity contribution in [3.8, 4) is 5.75 Å². The molecular weight excluding hydrogens is 534 g/mol. The van der Waals surface area contributed by atoms with E-state index < -0.39 is 11.7 Å². The molecule has 0 saturated carbocycles. The highest BCUT2D eigenvalue weighted by Crippen LogP contribution is 2.31. The number of benzene rings is 1. The Balaban J connectivity index is 0.00000512. The molecule has 1 aromatic carbocycles. The molecule has 6 nitrogen and oxygen atoms in total. The molecule has 2 rings (SSSR count). The lowest BCUT2D eigenvalue weighted by atomic mass is 10.2. The molecule has 10 heteroatoms. The third-order valence-electron chi connectivity index (χ3n) is 5.40. The Kier molecular flexibility index (Phi) is 13.3. The summed E-state index contributed by atoms with van der Waals surface area (Å²) in [5, 5.41) is 6.51. The van der Waals surface area contributed by atoms with Gasteiger partial charge in [-0.05, 0) is 64.1 Å². The second-order valence-electron chi connectivity index (χ2n) is 7.91. The molecule has 1 fully saturated rings. The number of hydrogen-bond acceptors (Lipinski definition) is 4. The lowest BCUT2D eigenvalue weighted by Gasteiger charge is -2.22. The standard InChI is InChI=1S/C22H36F3N5O.HI/c1-4-19(31-20-9-5-8-18(16-20)22(23,24)25)17-28-21(26-2)27-10-6-12-30-13-7-11-29(3)14-15-30;/h5,8-9,16,19H,4,6-7,10-15,17H2,1-3H3,(H2,26,27,28);1H. The topological polar surface area (TPSA) is 52.1 Å². The van der Waals surface area contributed by atoms with E-state index in [1.807, 2.05) is 6.92 Å². The van der Waals surface area contributed by atoms with Crippen LogP contribution in [0.5, 0.6) is 5.75 Å². The molecule has 1 heterocycles. The van der Waals surface area contributed by atoms with Gasteiger partial charge in [-0.1, -0.05) is 13.0 Å². The number of likely N-dealkylation sites (N-methyl/N-ethyl adjacent to an activating group) is 1. The molecule has 1 unspecified atom stereocenters. The van der Waals surface area contributed by atoms with Gasteiger partial charge in [0.05, 0.1) is 12.1 Å². The van der Waals surface area contributed by atoms with Crippen LogP contribution in [0.2, 0.25) is 0 Å². The molecule has 0 aliphatic carbocycles. The Bertz CT molecular complexity index is 690. The summed E-state index contributed by atoms with van der Waals surface area (Å²) in [6.07, 6.45) is -1.77. The second-order valence-corrected chi connectivity index (χ2v) is 7.91. The molecule has 1 aliphatic heterocycles. The van der Waals surface area contributed by atoms with Crippen LogP contribution in [0.1, 0.15) is 31.7 Å². The van der Waals surface area contributed by atoms with Crippen molar-refractivity contribution in [2.24, 2.45) is 4.99 Å². The Hall–Kier alpha value is -1.27. The minimum absolute atomic E-state index is 0. The zero-order chi connectivity index (χ0) is 22.7. The Morgan fingerprint density at radius 1 is 1.19 bits per heavy atom. The Morgan fingerprint density at radius 2 is 1.97 bits per heavy atom. The van der Waals surface area contributed by atoms with E-state index in [0.717, 1.165) is 57.8 Å². The maximum absolute atomic E-state index is 12.9. The minimum atomic E-state index is -4.38. The predicted octanol–water partition coefficient (Wildman–Crippen LogP) is 3.67. The van der Waals surface area contributed by atoms with Gasteiger partial charge in [0.2, 0.25) is 0 Å². The molecule has 0 bridgehead atoms. The first-order valence-corrected chi connectivity index (χ1v) is 11.0. The van der Waals surface area contributed by atoms with Crippen molar-refractivity contribution in [3.05, 3.63) is 29.8 Å². The summed E-state index contributed by atoms with van der Waals surface area (Å²) in [6, 6.07) is 4.99. The van der Waals surface area contributed by atoms with Crippen molar-refractivity contribution in [3.63, 3.8) is 0 Å². The molecule has 0 aromatic heterocycles. The van der Waals surface area contributed by atoms with Crippen LogP contribution in [0.3, 0.4) is 0 Å². The zero-order valence-corrected chi connectivity index (χ0v) is 21.6. The van der Waals surface area contributed by atoms with Gasteiger partial charge in [0.1, 0.15) is 11.9 Å². The van der Waals surface area contributed by atoms with Gasteiger partial charge in [-0.25, -0.2) is 0 Å². The molecule has 1 atom stereocenters. The lowest BCUT2D eigenvalue weighted by molar-refractivity contribution is -0.137. The van der Waals surface area contributed by atoms with Crippen molar-refractivity contribution in [2.45, 2.75) is 38.5 Å². The summed E-state index contributed by atoms with van der Waals surface area (Å²) in [7, 11) is 3.87. The molecule has 1 aliphatic rings. The van der Waals surface area contributed by atoms with Gasteiger partial charge < -0.3 is 25.2 Å². The maximum Gasteiger partial charge on any atom is 0.416 e. The monoisotopic (exact) mass is 571 g/mol. The predicted molar refractivity (Wildman–Crippen MR) is 134 cm³/mol. The van der Waals surface area contributed by atoms with Gasteiger partial charge in [-0.2, -0.15) is 13.2 Å². The van der Waals surface area contributed by atoms with Crippen LogP contribution >= 0.6 is 24.0 Å². The summed E-state index contributed by atoms with van der Waals surface area (Å²) in [5.41, 5.74) is -0.707. The van der Waals surface area contributed by atoms with E-state index in [2.05, 4.69) is 32.5 Å². The normalized spacial score (nSPS) is 17.2. The highest BCUT2D eigenvalue weighted by molar-refractivity contribution is 14.0. The molecule has 1 saturated heterocycles. The fourth-order valence-electron chi connectivity index (χ4n) is 3.47. The van der Waals surface area contributed by atoms with Crippen LogP contribution in [-0.4, -0.2) is 81.8 Å². The van der Waals surface area contributed by atoms with E-state index in [4.69, 9.17) is 4.74 Å². The van der Waals surface area contributed by atoms with E-state index in [-0.39, 0.29) is 35.8 Å². The van der Waals surface area contributed by atoms with Crippen LogP contribution in [0, 0.1) is 0 Å². The van der Waals surface area contributed by atoms with Crippen LogP contribution in [0.25, 0.3) is 0 Å². The van der Waals surface area contributed by atoms with Crippen molar-refractivity contribution >= 4 is 29.9 Å². The number of nitrogens with zero attached hydrogens (tertiary/aromatic N) is 3.